The Bertz CT molecular complexity index is 55.0. The molecule has 0 aliphatic carbocycles. The van der Waals surface area contributed by atoms with Gasteiger partial charge in [0.05, 0.1) is 0 Å². The Labute approximate surface area is 59.1 Å². The third-order valence-electron chi connectivity index (χ3n) is 1.35. The Morgan fingerprint density at radius 3 is 2.44 bits per heavy atom. The van der Waals surface area contributed by atoms with E-state index in [-0.39, 0.29) is 0 Å². The van der Waals surface area contributed by atoms with Crippen LogP contribution < -0.4 is 5.73 Å². The first-order valence-electron chi connectivity index (χ1n) is 3.66. The number of rotatable bonds is 5. The zero-order valence-electron chi connectivity index (χ0n) is 6.39. The lowest BCUT2D eigenvalue weighted by Gasteiger charge is -2.10. The van der Waals surface area contributed by atoms with Crippen LogP contribution in [0.1, 0.15) is 13.8 Å². The average molecular weight is 147 g/mol. The SMILES string of the molecule is CCO[SiH](CC)CCN. The number of nitrogens with two attached hydrogens (primary N) is 1. The van der Waals surface area contributed by atoms with Gasteiger partial charge in [0.25, 0.3) is 0 Å². The van der Waals surface area contributed by atoms with Gasteiger partial charge in [0, 0.05) is 6.61 Å². The minimum atomic E-state index is -0.838. The largest absolute Gasteiger partial charge is 0.420 e. The summed E-state index contributed by atoms with van der Waals surface area (Å²) in [6.07, 6.45) is 0. The maximum atomic E-state index is 5.49. The molecule has 0 fully saturated rings. The van der Waals surface area contributed by atoms with Crippen molar-refractivity contribution < 1.29 is 4.43 Å². The standard InChI is InChI=1S/C6H17NOSi/c1-3-8-9(4-2)6-5-7/h9H,3-7H2,1-2H3. The highest BCUT2D eigenvalue weighted by Gasteiger charge is 2.05. The van der Waals surface area contributed by atoms with Crippen molar-refractivity contribution in [2.75, 3.05) is 13.2 Å². The summed E-state index contributed by atoms with van der Waals surface area (Å²) in [5.74, 6) is 0. The van der Waals surface area contributed by atoms with E-state index in [1.165, 1.54) is 6.04 Å². The molecule has 0 radical (unpaired) electrons. The molecule has 0 aliphatic heterocycles. The molecule has 0 rings (SSSR count). The van der Waals surface area contributed by atoms with E-state index < -0.39 is 9.04 Å². The Kier molecular flexibility index (Phi) is 6.35. The highest BCUT2D eigenvalue weighted by molar-refractivity contribution is 6.51. The third kappa shape index (κ3) is 4.63. The summed E-state index contributed by atoms with van der Waals surface area (Å²) in [6.45, 7) is 5.89. The van der Waals surface area contributed by atoms with Crippen molar-refractivity contribution >= 4 is 9.04 Å². The monoisotopic (exact) mass is 147 g/mol. The maximum Gasteiger partial charge on any atom is 0.177 e. The number of hydrogen-bond acceptors (Lipinski definition) is 2. The minimum absolute atomic E-state index is 0.796. The molecule has 0 aromatic rings. The first-order valence-corrected chi connectivity index (χ1v) is 5.77. The van der Waals surface area contributed by atoms with Crippen LogP contribution in [0.4, 0.5) is 0 Å². The molecule has 0 bridgehead atoms. The fourth-order valence-electron chi connectivity index (χ4n) is 0.827. The van der Waals surface area contributed by atoms with Crippen LogP contribution in [0.15, 0.2) is 0 Å². The van der Waals surface area contributed by atoms with Gasteiger partial charge in [-0.25, -0.2) is 0 Å². The van der Waals surface area contributed by atoms with Crippen molar-refractivity contribution in [3.05, 3.63) is 0 Å². The van der Waals surface area contributed by atoms with E-state index in [1.54, 1.807) is 0 Å². The highest BCUT2D eigenvalue weighted by Crippen LogP contribution is 1.98. The molecule has 0 saturated heterocycles. The smallest absolute Gasteiger partial charge is 0.177 e. The minimum Gasteiger partial charge on any atom is -0.420 e. The van der Waals surface area contributed by atoms with Crippen LogP contribution >= 0.6 is 0 Å². The van der Waals surface area contributed by atoms with Crippen molar-refractivity contribution in [1.29, 1.82) is 0 Å². The predicted octanol–water partition coefficient (Wildman–Crippen LogP) is 0.725. The van der Waals surface area contributed by atoms with Gasteiger partial charge in [-0.05, 0) is 25.6 Å². The van der Waals surface area contributed by atoms with Crippen molar-refractivity contribution in [2.45, 2.75) is 25.9 Å². The van der Waals surface area contributed by atoms with E-state index in [4.69, 9.17) is 10.2 Å². The Morgan fingerprint density at radius 2 is 2.11 bits per heavy atom. The van der Waals surface area contributed by atoms with Crippen LogP contribution in [-0.4, -0.2) is 22.2 Å². The summed E-state index contributed by atoms with van der Waals surface area (Å²) in [6, 6.07) is 2.34. The molecule has 0 spiro atoms. The van der Waals surface area contributed by atoms with Gasteiger partial charge in [0.2, 0.25) is 0 Å². The van der Waals surface area contributed by atoms with Gasteiger partial charge in [-0.1, -0.05) is 6.92 Å². The van der Waals surface area contributed by atoms with Crippen molar-refractivity contribution in [1.82, 2.24) is 0 Å². The fourth-order valence-corrected chi connectivity index (χ4v) is 2.48. The highest BCUT2D eigenvalue weighted by atomic mass is 28.3. The van der Waals surface area contributed by atoms with Gasteiger partial charge in [-0.3, -0.25) is 0 Å². The molecule has 0 amide bonds. The fraction of sp³-hybridized carbons (Fsp3) is 1.00. The van der Waals surface area contributed by atoms with E-state index in [0.717, 1.165) is 19.2 Å². The molecule has 9 heavy (non-hydrogen) atoms. The summed E-state index contributed by atoms with van der Waals surface area (Å²) in [4.78, 5) is 0. The molecule has 2 nitrogen and oxygen atoms in total. The van der Waals surface area contributed by atoms with Crippen LogP contribution in [-0.2, 0) is 4.43 Å². The molecular weight excluding hydrogens is 130 g/mol. The van der Waals surface area contributed by atoms with Crippen LogP contribution in [0.2, 0.25) is 12.1 Å². The molecule has 3 heteroatoms. The quantitative estimate of drug-likeness (QED) is 0.582. The first-order chi connectivity index (χ1) is 4.35. The molecule has 0 aromatic heterocycles. The van der Waals surface area contributed by atoms with E-state index in [2.05, 4.69) is 6.92 Å². The van der Waals surface area contributed by atoms with Gasteiger partial charge in [0.15, 0.2) is 9.04 Å². The van der Waals surface area contributed by atoms with Gasteiger partial charge >= 0.3 is 0 Å². The third-order valence-corrected chi connectivity index (χ3v) is 4.04. The molecule has 1 unspecified atom stereocenters. The summed E-state index contributed by atoms with van der Waals surface area (Å²) in [5, 5.41) is 0. The Balaban J connectivity index is 3.18. The Hall–Kier alpha value is 0.137. The second-order valence-corrected chi connectivity index (χ2v) is 5.03. The van der Waals surface area contributed by atoms with E-state index >= 15 is 0 Å². The van der Waals surface area contributed by atoms with Crippen molar-refractivity contribution in [3.8, 4) is 0 Å². The van der Waals surface area contributed by atoms with Crippen molar-refractivity contribution in [2.24, 2.45) is 5.73 Å². The molecule has 0 aliphatic rings. The van der Waals surface area contributed by atoms with Crippen LogP contribution in [0.5, 0.6) is 0 Å². The molecule has 2 N–H and O–H groups in total. The molecule has 0 aromatic carbocycles. The topological polar surface area (TPSA) is 35.2 Å². The van der Waals surface area contributed by atoms with Crippen molar-refractivity contribution in [3.63, 3.8) is 0 Å². The molecule has 1 atom stereocenters. The molecular formula is C6H17NOSi. The van der Waals surface area contributed by atoms with Gasteiger partial charge in [-0.15, -0.1) is 0 Å². The van der Waals surface area contributed by atoms with E-state index in [0.29, 0.717) is 0 Å². The lowest BCUT2D eigenvalue weighted by molar-refractivity contribution is 0.342. The van der Waals surface area contributed by atoms with Crippen LogP contribution in [0.3, 0.4) is 0 Å². The molecule has 0 saturated carbocycles. The van der Waals surface area contributed by atoms with Crippen LogP contribution in [0.25, 0.3) is 0 Å². The van der Waals surface area contributed by atoms with E-state index in [9.17, 15) is 0 Å². The lowest BCUT2D eigenvalue weighted by Crippen LogP contribution is -2.20. The Morgan fingerprint density at radius 1 is 1.44 bits per heavy atom. The summed E-state index contributed by atoms with van der Waals surface area (Å²) in [7, 11) is -0.838. The second-order valence-electron chi connectivity index (χ2n) is 2.06. The summed E-state index contributed by atoms with van der Waals surface area (Å²) in [5.41, 5.74) is 5.39. The average Bonchev–Trinajstić information content (AvgIpc) is 1.88. The van der Waals surface area contributed by atoms with Gasteiger partial charge in [0.1, 0.15) is 0 Å². The van der Waals surface area contributed by atoms with Gasteiger partial charge < -0.3 is 10.2 Å². The van der Waals surface area contributed by atoms with E-state index in [1.807, 2.05) is 6.92 Å². The molecule has 0 heterocycles. The lowest BCUT2D eigenvalue weighted by atomic mass is 10.8. The zero-order valence-corrected chi connectivity index (χ0v) is 7.55. The summed E-state index contributed by atoms with van der Waals surface area (Å²) < 4.78 is 5.49. The second kappa shape index (κ2) is 6.26. The summed E-state index contributed by atoms with van der Waals surface area (Å²) >= 11 is 0. The predicted molar refractivity (Wildman–Crippen MR) is 43.1 cm³/mol. The van der Waals surface area contributed by atoms with Gasteiger partial charge in [-0.2, -0.15) is 0 Å². The number of hydrogen-bond donors (Lipinski definition) is 1. The normalized spacial score (nSPS) is 13.7. The maximum absolute atomic E-state index is 5.49. The zero-order chi connectivity index (χ0) is 7.11. The molecule has 56 valence electrons. The van der Waals surface area contributed by atoms with Crippen LogP contribution in [0, 0.1) is 0 Å². The first kappa shape index (κ1) is 9.14.